The van der Waals surface area contributed by atoms with Crippen LogP contribution in [-0.4, -0.2) is 19.9 Å². The zero-order chi connectivity index (χ0) is 11.0. The lowest BCUT2D eigenvalue weighted by Crippen LogP contribution is -1.91. The third-order valence-electron chi connectivity index (χ3n) is 2.03. The van der Waals surface area contributed by atoms with Gasteiger partial charge in [-0.05, 0) is 18.2 Å². The Balaban J connectivity index is 2.59. The molecule has 0 spiro atoms. The molecule has 0 bridgehead atoms. The lowest BCUT2D eigenvalue weighted by Gasteiger charge is -2.07. The molecular weight excluding hydrogens is 218 g/mol. The molecule has 15 heavy (non-hydrogen) atoms. The van der Waals surface area contributed by atoms with E-state index in [0.717, 1.165) is 0 Å². The van der Waals surface area contributed by atoms with Crippen LogP contribution in [-0.2, 0) is 0 Å². The van der Waals surface area contributed by atoms with Crippen molar-refractivity contribution in [3.63, 3.8) is 0 Å². The molecule has 2 rings (SSSR count). The Labute approximate surface area is 90.6 Å². The molecule has 0 aliphatic heterocycles. The van der Waals surface area contributed by atoms with Gasteiger partial charge in [-0.25, -0.2) is 0 Å². The summed E-state index contributed by atoms with van der Waals surface area (Å²) in [7, 11) is 0. The number of halogens is 1. The topological polar surface area (TPSA) is 65.6 Å². The largest absolute Gasteiger partial charge is 0.506 e. The number of hydrogen-bond donors (Lipinski definition) is 3. The van der Waals surface area contributed by atoms with Crippen LogP contribution in [0.5, 0.6) is 17.5 Å². The molecule has 0 saturated carbocycles. The van der Waals surface area contributed by atoms with Gasteiger partial charge in [-0.2, -0.15) is 0 Å². The molecule has 1 aromatic heterocycles. The van der Waals surface area contributed by atoms with Gasteiger partial charge < -0.3 is 15.3 Å². The van der Waals surface area contributed by atoms with E-state index in [4.69, 9.17) is 11.6 Å². The van der Waals surface area contributed by atoms with Gasteiger partial charge >= 0.3 is 0 Å². The Kier molecular flexibility index (Phi) is 2.21. The molecule has 0 aliphatic carbocycles. The number of rotatable bonds is 1. The van der Waals surface area contributed by atoms with Gasteiger partial charge in [0.15, 0.2) is 11.8 Å². The monoisotopic (exact) mass is 225 g/mol. The molecule has 0 amide bonds. The lowest BCUT2D eigenvalue weighted by atomic mass is 10.3. The molecule has 0 saturated heterocycles. The number of phenols is 1. The van der Waals surface area contributed by atoms with E-state index in [1.54, 1.807) is 0 Å². The predicted molar refractivity (Wildman–Crippen MR) is 55.8 cm³/mol. The molecule has 5 heteroatoms. The van der Waals surface area contributed by atoms with Crippen molar-refractivity contribution in [1.82, 2.24) is 4.57 Å². The summed E-state index contributed by atoms with van der Waals surface area (Å²) in [6, 6.07) is 7.07. The normalized spacial score (nSPS) is 10.5. The third-order valence-corrected chi connectivity index (χ3v) is 2.33. The minimum atomic E-state index is -0.103. The number of benzene rings is 1. The zero-order valence-electron chi connectivity index (χ0n) is 7.55. The predicted octanol–water partition coefficient (Wildman–Crippen LogP) is 2.25. The summed E-state index contributed by atoms with van der Waals surface area (Å²) in [5.41, 5.74) is 0.470. The summed E-state index contributed by atoms with van der Waals surface area (Å²) in [6.45, 7) is 0. The second-order valence-electron chi connectivity index (χ2n) is 3.02. The van der Waals surface area contributed by atoms with Crippen molar-refractivity contribution in [3.05, 3.63) is 35.4 Å². The summed E-state index contributed by atoms with van der Waals surface area (Å²) >= 11 is 5.71. The van der Waals surface area contributed by atoms with Crippen LogP contribution in [0.15, 0.2) is 30.3 Å². The second kappa shape index (κ2) is 3.40. The fourth-order valence-electron chi connectivity index (χ4n) is 1.31. The number of hydrogen-bond acceptors (Lipinski definition) is 3. The fourth-order valence-corrected chi connectivity index (χ4v) is 1.49. The highest BCUT2D eigenvalue weighted by Crippen LogP contribution is 2.31. The van der Waals surface area contributed by atoms with Crippen LogP contribution in [0.25, 0.3) is 5.69 Å². The summed E-state index contributed by atoms with van der Waals surface area (Å²) in [4.78, 5) is 0. The van der Waals surface area contributed by atoms with Crippen molar-refractivity contribution >= 4 is 11.6 Å². The second-order valence-corrected chi connectivity index (χ2v) is 3.43. The zero-order valence-corrected chi connectivity index (χ0v) is 8.31. The number of aromatic hydroxyl groups is 3. The van der Waals surface area contributed by atoms with Gasteiger partial charge in [0.1, 0.15) is 5.75 Å². The van der Waals surface area contributed by atoms with Crippen LogP contribution in [0.4, 0.5) is 0 Å². The molecule has 0 radical (unpaired) electrons. The van der Waals surface area contributed by atoms with Gasteiger partial charge in [0, 0.05) is 12.1 Å². The van der Waals surface area contributed by atoms with Gasteiger partial charge in [-0.15, -0.1) is 0 Å². The third kappa shape index (κ3) is 1.59. The Morgan fingerprint density at radius 3 is 2.07 bits per heavy atom. The minimum Gasteiger partial charge on any atom is -0.506 e. The maximum atomic E-state index is 9.44. The maximum Gasteiger partial charge on any atom is 0.198 e. The number of aromatic nitrogens is 1. The molecule has 4 nitrogen and oxygen atoms in total. The molecule has 0 unspecified atom stereocenters. The van der Waals surface area contributed by atoms with E-state index in [2.05, 4.69) is 0 Å². The Bertz CT molecular complexity index is 488. The van der Waals surface area contributed by atoms with Crippen LogP contribution >= 0.6 is 11.6 Å². The lowest BCUT2D eigenvalue weighted by molar-refractivity contribution is 0.402. The first-order valence-electron chi connectivity index (χ1n) is 4.18. The molecule has 3 N–H and O–H groups in total. The highest BCUT2D eigenvalue weighted by molar-refractivity contribution is 6.32. The molecule has 78 valence electrons. The smallest absolute Gasteiger partial charge is 0.198 e. The van der Waals surface area contributed by atoms with Crippen molar-refractivity contribution in [2.75, 3.05) is 0 Å². The van der Waals surface area contributed by atoms with E-state index in [1.165, 1.54) is 34.9 Å². The van der Waals surface area contributed by atoms with Gasteiger partial charge in [-0.3, -0.25) is 4.57 Å². The molecule has 1 heterocycles. The number of phenolic OH excluding ortho intramolecular Hbond substituents is 1. The van der Waals surface area contributed by atoms with Crippen molar-refractivity contribution in [2.45, 2.75) is 0 Å². The first kappa shape index (κ1) is 9.73. The van der Waals surface area contributed by atoms with Crippen LogP contribution in [0.2, 0.25) is 5.02 Å². The van der Waals surface area contributed by atoms with Crippen molar-refractivity contribution in [3.8, 4) is 23.2 Å². The van der Waals surface area contributed by atoms with Crippen LogP contribution < -0.4 is 0 Å². The van der Waals surface area contributed by atoms with Gasteiger partial charge in [0.2, 0.25) is 0 Å². The van der Waals surface area contributed by atoms with Crippen molar-refractivity contribution < 1.29 is 15.3 Å². The molecule has 0 aliphatic rings. The minimum absolute atomic E-state index is 0.0495. The van der Waals surface area contributed by atoms with E-state index in [9.17, 15) is 15.3 Å². The first-order valence-corrected chi connectivity index (χ1v) is 4.56. The summed E-state index contributed by atoms with van der Waals surface area (Å²) in [5.74, 6) is -0.255. The van der Waals surface area contributed by atoms with Gasteiger partial charge in [0.05, 0.1) is 10.7 Å². The maximum absolute atomic E-state index is 9.44. The van der Waals surface area contributed by atoms with Crippen molar-refractivity contribution in [2.24, 2.45) is 0 Å². The number of nitrogens with zero attached hydrogens (tertiary/aromatic N) is 1. The van der Waals surface area contributed by atoms with Gasteiger partial charge in [-0.1, -0.05) is 11.6 Å². The van der Waals surface area contributed by atoms with E-state index in [1.807, 2.05) is 0 Å². The average Bonchev–Trinajstić information content (AvgIpc) is 2.52. The fraction of sp³-hybridized carbons (Fsp3) is 0. The highest BCUT2D eigenvalue weighted by atomic mass is 35.5. The van der Waals surface area contributed by atoms with Crippen LogP contribution in [0.1, 0.15) is 0 Å². The molecule has 0 atom stereocenters. The van der Waals surface area contributed by atoms with E-state index >= 15 is 0 Å². The molecule has 0 fully saturated rings. The SMILES string of the molecule is Oc1ccc(-n2c(O)ccc2O)cc1Cl. The highest BCUT2D eigenvalue weighted by Gasteiger charge is 2.09. The quantitative estimate of drug-likeness (QED) is 0.697. The Hall–Kier alpha value is -1.81. The molecule has 2 aromatic rings. The van der Waals surface area contributed by atoms with E-state index in [-0.39, 0.29) is 22.5 Å². The van der Waals surface area contributed by atoms with E-state index in [0.29, 0.717) is 5.69 Å². The Morgan fingerprint density at radius 2 is 1.53 bits per heavy atom. The standard InChI is InChI=1S/C10H8ClNO3/c11-7-5-6(1-2-8(7)13)12-9(14)3-4-10(12)15/h1-5,13-15H. The average molecular weight is 226 g/mol. The summed E-state index contributed by atoms with van der Waals surface area (Å²) in [6.07, 6.45) is 0. The molecular formula is C10H8ClNO3. The summed E-state index contributed by atoms with van der Waals surface area (Å²) < 4.78 is 1.20. The van der Waals surface area contributed by atoms with Gasteiger partial charge in [0.25, 0.3) is 0 Å². The van der Waals surface area contributed by atoms with Crippen LogP contribution in [0, 0.1) is 0 Å². The first-order chi connectivity index (χ1) is 7.09. The summed E-state index contributed by atoms with van der Waals surface area (Å²) in [5, 5.41) is 28.3. The molecule has 1 aromatic carbocycles. The van der Waals surface area contributed by atoms with Crippen molar-refractivity contribution in [1.29, 1.82) is 0 Å². The van der Waals surface area contributed by atoms with Crippen LogP contribution in [0.3, 0.4) is 0 Å². The van der Waals surface area contributed by atoms with E-state index < -0.39 is 0 Å². The Morgan fingerprint density at radius 1 is 0.933 bits per heavy atom.